The van der Waals surface area contributed by atoms with Crippen LogP contribution in [0.1, 0.15) is 13.3 Å². The number of benzene rings is 1. The summed E-state index contributed by atoms with van der Waals surface area (Å²) in [5, 5.41) is 3.08. The smallest absolute Gasteiger partial charge is 0.139 e. The van der Waals surface area contributed by atoms with E-state index in [1.54, 1.807) is 0 Å². The molecule has 0 aliphatic rings. The monoisotopic (exact) mass is 247 g/mol. The quantitative estimate of drug-likeness (QED) is 0.780. The molecule has 1 unspecified atom stereocenters. The first kappa shape index (κ1) is 13.3. The minimum absolute atomic E-state index is 0.0449. The Labute approximate surface area is 96.5 Å². The number of halogens is 2. The Bertz CT molecular complexity index is 371. The lowest BCUT2D eigenvalue weighted by molar-refractivity contribution is 0.571. The zero-order valence-electron chi connectivity index (χ0n) is 9.13. The molecule has 0 bridgehead atoms. The van der Waals surface area contributed by atoms with Gasteiger partial charge in [-0.2, -0.15) is 0 Å². The van der Waals surface area contributed by atoms with Gasteiger partial charge in [0.15, 0.2) is 0 Å². The van der Waals surface area contributed by atoms with Crippen LogP contribution in [0, 0.1) is 11.6 Å². The molecule has 0 aromatic heterocycles. The zero-order valence-corrected chi connectivity index (χ0v) is 9.95. The summed E-state index contributed by atoms with van der Waals surface area (Å²) < 4.78 is 37.7. The molecule has 0 saturated heterocycles. The molecule has 0 fully saturated rings. The van der Waals surface area contributed by atoms with Gasteiger partial charge < -0.3 is 5.32 Å². The molecule has 0 heterocycles. The first-order valence-corrected chi connectivity index (χ1v) is 6.51. The van der Waals surface area contributed by atoms with Gasteiger partial charge in [-0.3, -0.25) is 4.21 Å². The van der Waals surface area contributed by atoms with Crippen molar-refractivity contribution in [2.24, 2.45) is 0 Å². The van der Waals surface area contributed by atoms with E-state index < -0.39 is 22.4 Å². The predicted octanol–water partition coefficient (Wildman–Crippen LogP) is 2.07. The normalized spacial score (nSPS) is 12.7. The van der Waals surface area contributed by atoms with E-state index in [2.05, 4.69) is 5.32 Å². The van der Waals surface area contributed by atoms with E-state index in [4.69, 9.17) is 0 Å². The zero-order chi connectivity index (χ0) is 12.0. The van der Waals surface area contributed by atoms with Crippen LogP contribution in [-0.4, -0.2) is 23.1 Å². The summed E-state index contributed by atoms with van der Waals surface area (Å²) in [6.07, 6.45) is 0.677. The van der Waals surface area contributed by atoms with E-state index in [1.165, 1.54) is 0 Å². The van der Waals surface area contributed by atoms with Crippen molar-refractivity contribution in [3.8, 4) is 0 Å². The summed E-state index contributed by atoms with van der Waals surface area (Å²) in [7, 11) is -1.46. The van der Waals surface area contributed by atoms with Crippen LogP contribution in [0.15, 0.2) is 23.1 Å². The van der Waals surface area contributed by atoms with Crippen molar-refractivity contribution in [3.63, 3.8) is 0 Å². The van der Waals surface area contributed by atoms with Gasteiger partial charge in [0.1, 0.15) is 11.6 Å². The molecule has 1 aromatic rings. The van der Waals surface area contributed by atoms with Gasteiger partial charge in [-0.1, -0.05) is 6.92 Å². The first-order chi connectivity index (χ1) is 7.65. The number of hydrogen-bond acceptors (Lipinski definition) is 2. The van der Waals surface area contributed by atoms with Crippen LogP contribution >= 0.6 is 0 Å². The fraction of sp³-hybridized carbons (Fsp3) is 0.455. The Kier molecular flexibility index (Phi) is 5.55. The lowest BCUT2D eigenvalue weighted by Crippen LogP contribution is -2.16. The highest BCUT2D eigenvalue weighted by atomic mass is 32.2. The van der Waals surface area contributed by atoms with Gasteiger partial charge in [-0.25, -0.2) is 8.78 Å². The van der Waals surface area contributed by atoms with Gasteiger partial charge in [0.05, 0.1) is 15.7 Å². The van der Waals surface area contributed by atoms with Crippen LogP contribution < -0.4 is 5.32 Å². The largest absolute Gasteiger partial charge is 0.317 e. The second-order valence-electron chi connectivity index (χ2n) is 3.33. The highest BCUT2D eigenvalue weighted by Crippen LogP contribution is 2.14. The minimum atomic E-state index is -1.46. The second-order valence-corrected chi connectivity index (χ2v) is 4.87. The Morgan fingerprint density at radius 2 is 2.12 bits per heavy atom. The van der Waals surface area contributed by atoms with Gasteiger partial charge in [-0.05, 0) is 37.7 Å². The summed E-state index contributed by atoms with van der Waals surface area (Å²) in [6, 6.07) is 3.03. The Balaban J connectivity index is 2.55. The molecule has 0 saturated carbocycles. The molecule has 1 aromatic carbocycles. The van der Waals surface area contributed by atoms with Crippen molar-refractivity contribution < 1.29 is 13.0 Å². The predicted molar refractivity (Wildman–Crippen MR) is 60.8 cm³/mol. The second kappa shape index (κ2) is 6.70. The molecule has 1 atom stereocenters. The molecule has 0 amide bonds. The van der Waals surface area contributed by atoms with Crippen LogP contribution in [0.3, 0.4) is 0 Å². The molecule has 0 spiro atoms. The topological polar surface area (TPSA) is 29.1 Å². The molecule has 1 N–H and O–H groups in total. The molecule has 0 aliphatic heterocycles. The molecule has 2 nitrogen and oxygen atoms in total. The fourth-order valence-electron chi connectivity index (χ4n) is 1.27. The molecule has 16 heavy (non-hydrogen) atoms. The Morgan fingerprint density at radius 1 is 1.38 bits per heavy atom. The number of nitrogens with one attached hydrogen (secondary N) is 1. The lowest BCUT2D eigenvalue weighted by atomic mass is 10.3. The van der Waals surface area contributed by atoms with E-state index in [-0.39, 0.29) is 4.90 Å². The SMILES string of the molecule is CCNCCCS(=O)c1cc(F)ccc1F. The van der Waals surface area contributed by atoms with Crippen molar-refractivity contribution in [1.82, 2.24) is 5.32 Å². The maximum absolute atomic E-state index is 13.2. The highest BCUT2D eigenvalue weighted by molar-refractivity contribution is 7.85. The van der Waals surface area contributed by atoms with Gasteiger partial charge in [-0.15, -0.1) is 0 Å². The van der Waals surface area contributed by atoms with E-state index in [0.29, 0.717) is 12.2 Å². The molecule has 90 valence electrons. The van der Waals surface area contributed by atoms with Crippen molar-refractivity contribution >= 4 is 10.8 Å². The van der Waals surface area contributed by atoms with Crippen LogP contribution in [-0.2, 0) is 10.8 Å². The third-order valence-electron chi connectivity index (χ3n) is 2.07. The van der Waals surface area contributed by atoms with Crippen LogP contribution in [0.4, 0.5) is 8.78 Å². The lowest BCUT2D eigenvalue weighted by Gasteiger charge is -2.04. The van der Waals surface area contributed by atoms with Crippen molar-refractivity contribution in [2.45, 2.75) is 18.2 Å². The highest BCUT2D eigenvalue weighted by Gasteiger charge is 2.10. The minimum Gasteiger partial charge on any atom is -0.317 e. The summed E-state index contributed by atoms with van der Waals surface area (Å²) in [5.74, 6) is -0.826. The summed E-state index contributed by atoms with van der Waals surface area (Å²) in [4.78, 5) is -0.0449. The average molecular weight is 247 g/mol. The molecular weight excluding hydrogens is 232 g/mol. The van der Waals surface area contributed by atoms with Gasteiger partial charge in [0.25, 0.3) is 0 Å². The summed E-state index contributed by atoms with van der Waals surface area (Å²) >= 11 is 0. The molecule has 0 radical (unpaired) electrons. The number of rotatable bonds is 6. The van der Waals surface area contributed by atoms with Gasteiger partial charge in [0, 0.05) is 5.75 Å². The van der Waals surface area contributed by atoms with Crippen LogP contribution in [0.25, 0.3) is 0 Å². The van der Waals surface area contributed by atoms with E-state index in [0.717, 1.165) is 31.3 Å². The van der Waals surface area contributed by atoms with Crippen molar-refractivity contribution in [2.75, 3.05) is 18.8 Å². The molecule has 5 heteroatoms. The third kappa shape index (κ3) is 3.98. The fourth-order valence-corrected chi connectivity index (χ4v) is 2.42. The van der Waals surface area contributed by atoms with E-state index in [1.807, 2.05) is 6.92 Å². The number of hydrogen-bond donors (Lipinski definition) is 1. The van der Waals surface area contributed by atoms with Crippen molar-refractivity contribution in [1.29, 1.82) is 0 Å². The molecule has 0 aliphatic carbocycles. The van der Waals surface area contributed by atoms with E-state index in [9.17, 15) is 13.0 Å². The third-order valence-corrected chi connectivity index (χ3v) is 3.53. The summed E-state index contributed by atoms with van der Waals surface area (Å²) in [6.45, 7) is 3.56. The van der Waals surface area contributed by atoms with E-state index >= 15 is 0 Å². The standard InChI is InChI=1S/C11H15F2NOS/c1-2-14-6-3-7-16(15)11-8-9(12)4-5-10(11)13/h4-5,8,14H,2-3,6-7H2,1H3. The Morgan fingerprint density at radius 3 is 2.81 bits per heavy atom. The van der Waals surface area contributed by atoms with Gasteiger partial charge >= 0.3 is 0 Å². The first-order valence-electron chi connectivity index (χ1n) is 5.19. The van der Waals surface area contributed by atoms with Crippen LogP contribution in [0.2, 0.25) is 0 Å². The maximum Gasteiger partial charge on any atom is 0.139 e. The summed E-state index contributed by atoms with van der Waals surface area (Å²) in [5.41, 5.74) is 0. The molecule has 1 rings (SSSR count). The average Bonchev–Trinajstić information content (AvgIpc) is 2.27. The van der Waals surface area contributed by atoms with Crippen LogP contribution in [0.5, 0.6) is 0 Å². The maximum atomic E-state index is 13.2. The van der Waals surface area contributed by atoms with Crippen molar-refractivity contribution in [3.05, 3.63) is 29.8 Å². The molecular formula is C11H15F2NOS. The van der Waals surface area contributed by atoms with Gasteiger partial charge in [0.2, 0.25) is 0 Å². The Hall–Kier alpha value is -0.810.